The molecule has 2 atom stereocenters. The zero-order valence-corrected chi connectivity index (χ0v) is 16.9. The number of hydrogen-bond acceptors (Lipinski definition) is 5. The number of nitrogens with zero attached hydrogens (tertiary/aromatic N) is 2. The normalized spacial score (nSPS) is 13.4. The summed E-state index contributed by atoms with van der Waals surface area (Å²) in [5, 5.41) is 13.0. The number of thiophene rings is 1. The molecule has 2 aromatic carbocycles. The summed E-state index contributed by atoms with van der Waals surface area (Å²) in [6.45, 7) is 2.28. The van der Waals surface area contributed by atoms with Gasteiger partial charge in [0.25, 0.3) is 5.56 Å². The Morgan fingerprint density at radius 1 is 1.10 bits per heavy atom. The topological polar surface area (TPSA) is 64.3 Å². The van der Waals surface area contributed by atoms with Crippen LogP contribution in [0.3, 0.4) is 0 Å². The van der Waals surface area contributed by atoms with Gasteiger partial charge in [0.15, 0.2) is 0 Å². The molecular formula is C23H22N2O3S. The first-order valence-electron chi connectivity index (χ1n) is 9.46. The molecule has 0 aliphatic rings. The Morgan fingerprint density at radius 2 is 1.86 bits per heavy atom. The van der Waals surface area contributed by atoms with Gasteiger partial charge in [-0.15, -0.1) is 11.3 Å². The third kappa shape index (κ3) is 4.29. The number of rotatable bonds is 7. The first-order valence-corrected chi connectivity index (χ1v) is 10.3. The van der Waals surface area contributed by atoms with Crippen LogP contribution in [0.4, 0.5) is 0 Å². The van der Waals surface area contributed by atoms with Crippen molar-refractivity contribution in [2.45, 2.75) is 25.7 Å². The first-order chi connectivity index (χ1) is 14.1. The van der Waals surface area contributed by atoms with E-state index in [1.807, 2.05) is 66.9 Å². The molecule has 0 saturated carbocycles. The minimum Gasteiger partial charge on any atom is -0.389 e. The van der Waals surface area contributed by atoms with Crippen molar-refractivity contribution in [3.8, 4) is 0 Å². The first kappa shape index (κ1) is 19.5. The molecule has 148 valence electrons. The second-order valence-corrected chi connectivity index (χ2v) is 7.87. The Hall–Kier alpha value is -2.80. The van der Waals surface area contributed by atoms with Crippen molar-refractivity contribution in [2.75, 3.05) is 6.61 Å². The van der Waals surface area contributed by atoms with E-state index >= 15 is 0 Å². The molecule has 0 amide bonds. The summed E-state index contributed by atoms with van der Waals surface area (Å²) < 4.78 is 7.60. The number of ether oxygens (including phenoxy) is 1. The molecule has 0 bridgehead atoms. The van der Waals surface area contributed by atoms with Crippen LogP contribution in [0.1, 0.15) is 22.8 Å². The van der Waals surface area contributed by atoms with Gasteiger partial charge >= 0.3 is 0 Å². The molecule has 2 unspecified atom stereocenters. The molecule has 2 aromatic heterocycles. The molecule has 0 spiro atoms. The van der Waals surface area contributed by atoms with Crippen molar-refractivity contribution in [1.82, 2.24) is 9.55 Å². The summed E-state index contributed by atoms with van der Waals surface area (Å²) >= 11 is 1.43. The molecule has 4 aromatic rings. The Balaban J connectivity index is 1.51. The number of aromatic nitrogens is 2. The second kappa shape index (κ2) is 8.69. The molecule has 6 heteroatoms. The molecule has 4 rings (SSSR count). The number of aryl methyl sites for hydroxylation is 1. The third-order valence-corrected chi connectivity index (χ3v) is 5.71. The van der Waals surface area contributed by atoms with Crippen molar-refractivity contribution >= 4 is 21.6 Å². The van der Waals surface area contributed by atoms with Gasteiger partial charge in [0.05, 0.1) is 31.0 Å². The van der Waals surface area contributed by atoms with Crippen molar-refractivity contribution in [1.29, 1.82) is 0 Å². The van der Waals surface area contributed by atoms with Crippen LogP contribution in [-0.4, -0.2) is 27.4 Å². The average molecular weight is 407 g/mol. The smallest absolute Gasteiger partial charge is 0.262 e. The van der Waals surface area contributed by atoms with E-state index in [9.17, 15) is 9.90 Å². The van der Waals surface area contributed by atoms with Crippen molar-refractivity contribution in [2.24, 2.45) is 0 Å². The van der Waals surface area contributed by atoms with Gasteiger partial charge in [0.1, 0.15) is 10.9 Å². The maximum Gasteiger partial charge on any atom is 0.262 e. The summed E-state index contributed by atoms with van der Waals surface area (Å²) in [4.78, 5) is 17.5. The van der Waals surface area contributed by atoms with E-state index in [1.165, 1.54) is 22.2 Å². The van der Waals surface area contributed by atoms with Crippen LogP contribution < -0.4 is 5.56 Å². The Kier molecular flexibility index (Phi) is 5.85. The lowest BCUT2D eigenvalue weighted by molar-refractivity contribution is -0.00118. The molecule has 0 saturated heterocycles. The molecular weight excluding hydrogens is 384 g/mol. The van der Waals surface area contributed by atoms with E-state index in [0.717, 1.165) is 16.7 Å². The molecule has 2 heterocycles. The van der Waals surface area contributed by atoms with Gasteiger partial charge in [0, 0.05) is 0 Å². The highest BCUT2D eigenvalue weighted by Gasteiger charge is 2.19. The fourth-order valence-corrected chi connectivity index (χ4v) is 4.11. The van der Waals surface area contributed by atoms with Crippen LogP contribution in [0.15, 0.2) is 77.2 Å². The predicted octanol–water partition coefficient (Wildman–Crippen LogP) is 3.93. The monoisotopic (exact) mass is 406 g/mol. The third-order valence-electron chi connectivity index (χ3n) is 4.89. The van der Waals surface area contributed by atoms with Crippen LogP contribution in [0.5, 0.6) is 0 Å². The highest BCUT2D eigenvalue weighted by atomic mass is 32.1. The van der Waals surface area contributed by atoms with Crippen LogP contribution in [0.25, 0.3) is 10.2 Å². The number of fused-ring (bicyclic) bond motifs is 1. The number of benzene rings is 2. The largest absolute Gasteiger partial charge is 0.389 e. The van der Waals surface area contributed by atoms with Gasteiger partial charge < -0.3 is 9.84 Å². The zero-order chi connectivity index (χ0) is 20.2. The van der Waals surface area contributed by atoms with E-state index in [0.29, 0.717) is 10.2 Å². The number of aliphatic hydroxyl groups excluding tert-OH is 1. The zero-order valence-electron chi connectivity index (χ0n) is 16.1. The Labute approximate surface area is 172 Å². The van der Waals surface area contributed by atoms with Crippen molar-refractivity contribution in [3.63, 3.8) is 0 Å². The number of aliphatic hydroxyl groups is 1. The number of hydrogen-bond donors (Lipinski definition) is 1. The Bertz CT molecular complexity index is 1150. The van der Waals surface area contributed by atoms with E-state index in [4.69, 9.17) is 4.74 Å². The van der Waals surface area contributed by atoms with Gasteiger partial charge in [-0.1, -0.05) is 54.6 Å². The highest BCUT2D eigenvalue weighted by Crippen LogP contribution is 2.28. The molecule has 29 heavy (non-hydrogen) atoms. The van der Waals surface area contributed by atoms with Gasteiger partial charge in [-0.25, -0.2) is 4.98 Å². The van der Waals surface area contributed by atoms with E-state index < -0.39 is 6.10 Å². The molecule has 0 fully saturated rings. The molecule has 5 nitrogen and oxygen atoms in total. The Morgan fingerprint density at radius 3 is 2.66 bits per heavy atom. The lowest BCUT2D eigenvalue weighted by atomic mass is 9.97. The lowest BCUT2D eigenvalue weighted by Crippen LogP contribution is -2.30. The molecule has 0 aliphatic carbocycles. The van der Waals surface area contributed by atoms with Crippen molar-refractivity contribution < 1.29 is 9.84 Å². The fraction of sp³-hybridized carbons (Fsp3) is 0.217. The van der Waals surface area contributed by atoms with Gasteiger partial charge in [0.2, 0.25) is 0 Å². The summed E-state index contributed by atoms with van der Waals surface area (Å²) in [5.41, 5.74) is 3.06. The lowest BCUT2D eigenvalue weighted by Gasteiger charge is -2.22. The summed E-state index contributed by atoms with van der Waals surface area (Å²) in [5.74, 6) is 0. The van der Waals surface area contributed by atoms with E-state index in [-0.39, 0.29) is 24.8 Å². The standard InChI is InChI=1S/C23H22N2O3S/c1-16-7-5-6-10-19(16)21(17-8-3-2-4-9-17)28-14-18(26)13-25-15-24-22-20(23(25)27)11-12-29-22/h2-12,15,18,21,26H,13-14H2,1H3. The summed E-state index contributed by atoms with van der Waals surface area (Å²) in [6.07, 6.45) is 0.363. The van der Waals surface area contributed by atoms with Crippen LogP contribution in [0.2, 0.25) is 0 Å². The van der Waals surface area contributed by atoms with E-state index in [1.54, 1.807) is 6.07 Å². The van der Waals surface area contributed by atoms with Crippen molar-refractivity contribution in [3.05, 3.63) is 99.4 Å². The van der Waals surface area contributed by atoms with Gasteiger partial charge in [-0.2, -0.15) is 0 Å². The van der Waals surface area contributed by atoms with Gasteiger partial charge in [-0.05, 0) is 35.1 Å². The van der Waals surface area contributed by atoms with Gasteiger partial charge in [-0.3, -0.25) is 9.36 Å². The minimum atomic E-state index is -0.833. The fourth-order valence-electron chi connectivity index (χ4n) is 3.38. The second-order valence-electron chi connectivity index (χ2n) is 6.98. The maximum atomic E-state index is 12.5. The average Bonchev–Trinajstić information content (AvgIpc) is 3.22. The van der Waals surface area contributed by atoms with Crippen LogP contribution in [0, 0.1) is 6.92 Å². The van der Waals surface area contributed by atoms with Crippen LogP contribution in [-0.2, 0) is 11.3 Å². The molecule has 0 aliphatic heterocycles. The summed E-state index contributed by atoms with van der Waals surface area (Å²) in [6, 6.07) is 19.8. The molecule has 0 radical (unpaired) electrons. The SMILES string of the molecule is Cc1ccccc1C(OCC(O)Cn1cnc2sccc2c1=O)c1ccccc1. The quantitative estimate of drug-likeness (QED) is 0.505. The van der Waals surface area contributed by atoms with Crippen LogP contribution >= 0.6 is 11.3 Å². The highest BCUT2D eigenvalue weighted by molar-refractivity contribution is 7.16. The predicted molar refractivity (Wildman–Crippen MR) is 115 cm³/mol. The summed E-state index contributed by atoms with van der Waals surface area (Å²) in [7, 11) is 0. The maximum absolute atomic E-state index is 12.5. The minimum absolute atomic E-state index is 0.0992. The molecule has 1 N–H and O–H groups in total. The van der Waals surface area contributed by atoms with E-state index in [2.05, 4.69) is 4.98 Å².